The molecule has 0 saturated carbocycles. The fourth-order valence-electron chi connectivity index (χ4n) is 2.90. The van der Waals surface area contributed by atoms with Crippen molar-refractivity contribution in [2.75, 3.05) is 13.1 Å². The van der Waals surface area contributed by atoms with Crippen molar-refractivity contribution in [3.05, 3.63) is 94.5 Å². The maximum absolute atomic E-state index is 12.8. The van der Waals surface area contributed by atoms with Crippen LogP contribution in [0.25, 0.3) is 0 Å². The lowest BCUT2D eigenvalue weighted by Crippen LogP contribution is -2.39. The van der Waals surface area contributed by atoms with Crippen LogP contribution in [0.1, 0.15) is 22.7 Å². The van der Waals surface area contributed by atoms with Gasteiger partial charge in [0, 0.05) is 42.3 Å². The van der Waals surface area contributed by atoms with Crippen LogP contribution in [0.15, 0.2) is 77.8 Å². The van der Waals surface area contributed by atoms with E-state index >= 15 is 0 Å². The maximum atomic E-state index is 12.8. The molecule has 28 heavy (non-hydrogen) atoms. The van der Waals surface area contributed by atoms with Crippen molar-refractivity contribution in [2.45, 2.75) is 18.9 Å². The van der Waals surface area contributed by atoms with Crippen molar-refractivity contribution in [3.8, 4) is 0 Å². The van der Waals surface area contributed by atoms with Crippen LogP contribution in [0.4, 0.5) is 0 Å². The van der Waals surface area contributed by atoms with Gasteiger partial charge in [-0.15, -0.1) is 0 Å². The third-order valence-corrected chi connectivity index (χ3v) is 4.91. The van der Waals surface area contributed by atoms with Crippen molar-refractivity contribution in [3.63, 3.8) is 0 Å². The Morgan fingerprint density at radius 2 is 1.50 bits per heavy atom. The molecule has 2 N–H and O–H groups in total. The number of hydrogen-bond acceptors (Lipinski definition) is 4. The molecule has 0 aliphatic carbocycles. The highest BCUT2D eigenvalue weighted by molar-refractivity contribution is 9.10. The number of nitrogens with one attached hydrogen (secondary N) is 2. The molecule has 2 heterocycles. The van der Waals surface area contributed by atoms with Gasteiger partial charge in [-0.25, -0.2) is 0 Å². The summed E-state index contributed by atoms with van der Waals surface area (Å²) < 4.78 is 0.988. The molecular weight excluding hydrogens is 416 g/mol. The zero-order chi connectivity index (χ0) is 19.6. The number of aromatic nitrogens is 2. The second kappa shape index (κ2) is 10.7. The SMILES string of the molecule is O=C(NCCc1cccnc1)C(NCCc1cccnc1)c1ccc(Br)cc1. The van der Waals surface area contributed by atoms with Crippen molar-refractivity contribution < 1.29 is 4.79 Å². The van der Waals surface area contributed by atoms with Gasteiger partial charge in [0.05, 0.1) is 0 Å². The van der Waals surface area contributed by atoms with Gasteiger partial charge in [0.25, 0.3) is 0 Å². The van der Waals surface area contributed by atoms with Gasteiger partial charge in [0.1, 0.15) is 6.04 Å². The predicted molar refractivity (Wildman–Crippen MR) is 114 cm³/mol. The number of benzene rings is 1. The molecule has 1 unspecified atom stereocenters. The van der Waals surface area contributed by atoms with Crippen molar-refractivity contribution in [2.24, 2.45) is 0 Å². The first-order chi connectivity index (χ1) is 13.7. The number of halogens is 1. The lowest BCUT2D eigenvalue weighted by atomic mass is 10.1. The number of amides is 1. The fourth-order valence-corrected chi connectivity index (χ4v) is 3.17. The number of hydrogen-bond donors (Lipinski definition) is 2. The molecule has 0 bridgehead atoms. The molecule has 3 rings (SSSR count). The predicted octanol–water partition coefficient (Wildman–Crippen LogP) is 3.47. The van der Waals surface area contributed by atoms with Gasteiger partial charge in [-0.2, -0.15) is 0 Å². The summed E-state index contributed by atoms with van der Waals surface area (Å²) in [6, 6.07) is 15.3. The molecule has 5 nitrogen and oxygen atoms in total. The normalized spacial score (nSPS) is 11.8. The first-order valence-corrected chi connectivity index (χ1v) is 10.1. The van der Waals surface area contributed by atoms with Crippen molar-refractivity contribution >= 4 is 21.8 Å². The van der Waals surface area contributed by atoms with Crippen molar-refractivity contribution in [1.82, 2.24) is 20.6 Å². The third kappa shape index (κ3) is 6.25. The first-order valence-electron chi connectivity index (χ1n) is 9.27. The van der Waals surface area contributed by atoms with Crippen LogP contribution in [-0.2, 0) is 17.6 Å². The molecule has 6 heteroatoms. The van der Waals surface area contributed by atoms with E-state index in [0.29, 0.717) is 13.1 Å². The van der Waals surface area contributed by atoms with Gasteiger partial charge in [-0.1, -0.05) is 40.2 Å². The average molecular weight is 439 g/mol. The minimum Gasteiger partial charge on any atom is -0.354 e. The molecule has 0 aliphatic rings. The van der Waals surface area contributed by atoms with E-state index in [9.17, 15) is 4.79 Å². The van der Waals surface area contributed by atoms with E-state index < -0.39 is 6.04 Å². The average Bonchev–Trinajstić information content (AvgIpc) is 2.73. The molecule has 0 saturated heterocycles. The van der Waals surface area contributed by atoms with Gasteiger partial charge >= 0.3 is 0 Å². The highest BCUT2D eigenvalue weighted by atomic mass is 79.9. The summed E-state index contributed by atoms with van der Waals surface area (Å²) in [5.41, 5.74) is 3.18. The Kier molecular flexibility index (Phi) is 7.70. The Morgan fingerprint density at radius 1 is 0.893 bits per heavy atom. The van der Waals surface area contributed by atoms with Gasteiger partial charge in [0.2, 0.25) is 5.91 Å². The van der Waals surface area contributed by atoms with Crippen LogP contribution in [0.3, 0.4) is 0 Å². The van der Waals surface area contributed by atoms with Crippen LogP contribution in [0.5, 0.6) is 0 Å². The van der Waals surface area contributed by atoms with E-state index in [2.05, 4.69) is 36.5 Å². The molecule has 1 atom stereocenters. The Morgan fingerprint density at radius 3 is 2.07 bits per heavy atom. The zero-order valence-corrected chi connectivity index (χ0v) is 17.1. The summed E-state index contributed by atoms with van der Waals surface area (Å²) in [5, 5.41) is 6.42. The number of pyridine rings is 2. The summed E-state index contributed by atoms with van der Waals surface area (Å²) in [6.07, 6.45) is 8.75. The summed E-state index contributed by atoms with van der Waals surface area (Å²) in [7, 11) is 0. The summed E-state index contributed by atoms with van der Waals surface area (Å²) in [6.45, 7) is 1.25. The zero-order valence-electron chi connectivity index (χ0n) is 15.5. The minimum atomic E-state index is -0.404. The Bertz CT molecular complexity index is 857. The van der Waals surface area contributed by atoms with Crippen LogP contribution in [0, 0.1) is 0 Å². The van der Waals surface area contributed by atoms with E-state index in [-0.39, 0.29) is 5.91 Å². The number of nitrogens with zero attached hydrogens (tertiary/aromatic N) is 2. The number of carbonyl (C=O) groups excluding carboxylic acids is 1. The number of carbonyl (C=O) groups is 1. The van der Waals surface area contributed by atoms with Crippen LogP contribution in [-0.4, -0.2) is 29.0 Å². The Balaban J connectivity index is 1.59. The third-order valence-electron chi connectivity index (χ3n) is 4.39. The summed E-state index contributed by atoms with van der Waals surface area (Å²) >= 11 is 3.45. The summed E-state index contributed by atoms with van der Waals surface area (Å²) in [4.78, 5) is 21.1. The van der Waals surface area contributed by atoms with E-state index in [4.69, 9.17) is 0 Å². The maximum Gasteiger partial charge on any atom is 0.241 e. The molecule has 144 valence electrons. The highest BCUT2D eigenvalue weighted by Gasteiger charge is 2.19. The standard InChI is InChI=1S/C22H23BrN4O/c23-20-7-5-19(6-8-20)21(26-13-9-17-3-1-11-24-15-17)22(28)27-14-10-18-4-2-12-25-16-18/h1-8,11-12,15-16,21,26H,9-10,13-14H2,(H,27,28). The second-order valence-corrected chi connectivity index (χ2v) is 7.37. The Hall–Kier alpha value is -2.57. The monoisotopic (exact) mass is 438 g/mol. The fraction of sp³-hybridized carbons (Fsp3) is 0.227. The van der Waals surface area contributed by atoms with E-state index in [1.165, 1.54) is 0 Å². The molecule has 1 amide bonds. The molecule has 0 spiro atoms. The van der Waals surface area contributed by atoms with Gasteiger partial charge in [-0.05, 0) is 53.8 Å². The minimum absolute atomic E-state index is 0.0302. The topological polar surface area (TPSA) is 66.9 Å². The smallest absolute Gasteiger partial charge is 0.241 e. The lowest BCUT2D eigenvalue weighted by molar-refractivity contribution is -0.123. The lowest BCUT2D eigenvalue weighted by Gasteiger charge is -2.19. The number of rotatable bonds is 9. The van der Waals surface area contributed by atoms with E-state index in [1.807, 2.05) is 60.9 Å². The molecule has 2 aromatic heterocycles. The molecule has 3 aromatic rings. The summed E-state index contributed by atoms with van der Waals surface area (Å²) in [5.74, 6) is -0.0302. The highest BCUT2D eigenvalue weighted by Crippen LogP contribution is 2.17. The molecule has 0 aliphatic heterocycles. The second-order valence-electron chi connectivity index (χ2n) is 6.45. The van der Waals surface area contributed by atoms with E-state index in [1.54, 1.807) is 12.4 Å². The van der Waals surface area contributed by atoms with Gasteiger partial charge < -0.3 is 10.6 Å². The molecule has 0 radical (unpaired) electrons. The first kappa shape index (κ1) is 20.2. The quantitative estimate of drug-likeness (QED) is 0.536. The van der Waals surface area contributed by atoms with Gasteiger partial charge in [-0.3, -0.25) is 14.8 Å². The van der Waals surface area contributed by atoms with E-state index in [0.717, 1.165) is 34.0 Å². The van der Waals surface area contributed by atoms with Crippen LogP contribution >= 0.6 is 15.9 Å². The largest absolute Gasteiger partial charge is 0.354 e. The Labute approximate surface area is 173 Å². The van der Waals surface area contributed by atoms with Gasteiger partial charge in [0.15, 0.2) is 0 Å². The van der Waals surface area contributed by atoms with Crippen LogP contribution < -0.4 is 10.6 Å². The van der Waals surface area contributed by atoms with Crippen molar-refractivity contribution in [1.29, 1.82) is 0 Å². The molecular formula is C22H23BrN4O. The van der Waals surface area contributed by atoms with Crippen LogP contribution in [0.2, 0.25) is 0 Å². The molecule has 0 fully saturated rings. The molecule has 1 aromatic carbocycles.